The largest absolute Gasteiger partial charge is 0.454 e. The van der Waals surface area contributed by atoms with E-state index in [2.05, 4.69) is 18.6 Å². The quantitative estimate of drug-likeness (QED) is 0.344. The summed E-state index contributed by atoms with van der Waals surface area (Å²) in [6.07, 6.45) is 1.53. The maximum absolute atomic E-state index is 12.7. The predicted octanol–water partition coefficient (Wildman–Crippen LogP) is 5.14. The summed E-state index contributed by atoms with van der Waals surface area (Å²) >= 11 is 0. The lowest BCUT2D eigenvalue weighted by atomic mass is 9.83. The molecule has 0 unspecified atom stereocenters. The second-order valence-corrected chi connectivity index (χ2v) is 11.4. The van der Waals surface area contributed by atoms with Gasteiger partial charge in [0, 0.05) is 35.6 Å². The van der Waals surface area contributed by atoms with E-state index in [9.17, 15) is 18.0 Å². The van der Waals surface area contributed by atoms with Crippen LogP contribution in [-0.2, 0) is 25.0 Å². The average molecular weight is 519 g/mol. The van der Waals surface area contributed by atoms with Crippen molar-refractivity contribution in [2.24, 2.45) is 0 Å². The molecule has 7 nitrogen and oxygen atoms in total. The van der Waals surface area contributed by atoms with E-state index in [4.69, 9.17) is 4.74 Å². The Balaban J connectivity index is 1.38. The normalized spacial score (nSPS) is 15.4. The summed E-state index contributed by atoms with van der Waals surface area (Å²) in [5, 5.41) is 0. The summed E-state index contributed by atoms with van der Waals surface area (Å²) in [6, 6.07) is 18.8. The van der Waals surface area contributed by atoms with Crippen LogP contribution in [-0.4, -0.2) is 33.8 Å². The third-order valence-electron chi connectivity index (χ3n) is 6.75. The van der Waals surface area contributed by atoms with Crippen molar-refractivity contribution in [2.45, 2.75) is 38.0 Å². The number of nitrogens with zero attached hydrogens (tertiary/aromatic N) is 1. The van der Waals surface area contributed by atoms with Crippen molar-refractivity contribution >= 4 is 33.2 Å². The van der Waals surface area contributed by atoms with Crippen LogP contribution in [0.3, 0.4) is 0 Å². The van der Waals surface area contributed by atoms with E-state index in [0.29, 0.717) is 5.69 Å². The fourth-order valence-electron chi connectivity index (χ4n) is 4.44. The molecule has 0 atom stereocenters. The SMILES string of the molecule is Cc1ccc(S(=O)(=O)Nc2ccc(C(=O)OCC(=O)/C=C3\N(C)c4ccccc4C3(C)C)cc2)cc1C. The monoisotopic (exact) mass is 518 g/mol. The highest BCUT2D eigenvalue weighted by Gasteiger charge is 2.38. The zero-order valence-electron chi connectivity index (χ0n) is 21.5. The molecule has 37 heavy (non-hydrogen) atoms. The number of fused-ring (bicyclic) bond motifs is 1. The molecule has 1 aliphatic rings. The highest BCUT2D eigenvalue weighted by molar-refractivity contribution is 7.92. The number of carbonyl (C=O) groups excluding carboxylic acids is 2. The highest BCUT2D eigenvalue weighted by Crippen LogP contribution is 2.46. The Labute approximate surface area is 217 Å². The number of sulfonamides is 1. The second kappa shape index (κ2) is 9.86. The van der Waals surface area contributed by atoms with Gasteiger partial charge in [-0.3, -0.25) is 9.52 Å². The van der Waals surface area contributed by atoms with Gasteiger partial charge in [-0.05, 0) is 73.0 Å². The van der Waals surface area contributed by atoms with E-state index < -0.39 is 22.6 Å². The van der Waals surface area contributed by atoms with Crippen LogP contribution in [0.2, 0.25) is 0 Å². The van der Waals surface area contributed by atoms with Gasteiger partial charge in [-0.25, -0.2) is 13.2 Å². The maximum Gasteiger partial charge on any atom is 0.338 e. The van der Waals surface area contributed by atoms with E-state index >= 15 is 0 Å². The van der Waals surface area contributed by atoms with Gasteiger partial charge in [0.15, 0.2) is 12.4 Å². The fourth-order valence-corrected chi connectivity index (χ4v) is 5.59. The van der Waals surface area contributed by atoms with Crippen LogP contribution in [0.25, 0.3) is 0 Å². The minimum absolute atomic E-state index is 0.158. The van der Waals surface area contributed by atoms with Crippen molar-refractivity contribution < 1.29 is 22.7 Å². The highest BCUT2D eigenvalue weighted by atomic mass is 32.2. The minimum Gasteiger partial charge on any atom is -0.454 e. The molecule has 0 radical (unpaired) electrons. The van der Waals surface area contributed by atoms with Crippen molar-refractivity contribution in [1.82, 2.24) is 0 Å². The summed E-state index contributed by atoms with van der Waals surface area (Å²) in [5.74, 6) is -0.994. The topological polar surface area (TPSA) is 92.8 Å². The molecule has 0 fully saturated rings. The molecule has 1 N–H and O–H groups in total. The van der Waals surface area contributed by atoms with Crippen LogP contribution >= 0.6 is 0 Å². The number of carbonyl (C=O) groups is 2. The van der Waals surface area contributed by atoms with Crippen molar-refractivity contribution in [1.29, 1.82) is 0 Å². The van der Waals surface area contributed by atoms with Crippen molar-refractivity contribution in [3.05, 3.63) is 101 Å². The number of rotatable bonds is 7. The number of hydrogen-bond acceptors (Lipinski definition) is 6. The van der Waals surface area contributed by atoms with Gasteiger partial charge in [0.25, 0.3) is 10.0 Å². The average Bonchev–Trinajstić information content (AvgIpc) is 3.05. The van der Waals surface area contributed by atoms with Gasteiger partial charge < -0.3 is 9.64 Å². The van der Waals surface area contributed by atoms with Crippen LogP contribution in [0.1, 0.15) is 40.9 Å². The number of hydrogen-bond donors (Lipinski definition) is 1. The van der Waals surface area contributed by atoms with E-state index in [-0.39, 0.29) is 21.7 Å². The van der Waals surface area contributed by atoms with Gasteiger partial charge in [0.2, 0.25) is 0 Å². The molecule has 0 aliphatic carbocycles. The molecule has 0 saturated heterocycles. The minimum atomic E-state index is -3.77. The smallest absolute Gasteiger partial charge is 0.338 e. The molecule has 8 heteroatoms. The number of benzene rings is 3. The van der Waals surface area contributed by atoms with Gasteiger partial charge in [-0.1, -0.05) is 38.1 Å². The number of para-hydroxylation sites is 1. The summed E-state index contributed by atoms with van der Waals surface area (Å²) in [6.45, 7) is 7.46. The molecule has 0 aromatic heterocycles. The first-order valence-corrected chi connectivity index (χ1v) is 13.3. The van der Waals surface area contributed by atoms with E-state index in [0.717, 1.165) is 28.1 Å². The Morgan fingerprint density at radius 2 is 1.65 bits per heavy atom. The molecule has 4 rings (SSSR count). The summed E-state index contributed by atoms with van der Waals surface area (Å²) < 4.78 is 33.1. The van der Waals surface area contributed by atoms with Gasteiger partial charge in [-0.15, -0.1) is 0 Å². The predicted molar refractivity (Wildman–Crippen MR) is 144 cm³/mol. The van der Waals surface area contributed by atoms with Crippen LogP contribution in [0.4, 0.5) is 11.4 Å². The Morgan fingerprint density at radius 1 is 0.973 bits per heavy atom. The van der Waals surface area contributed by atoms with E-state index in [1.165, 1.54) is 30.3 Å². The Hall–Kier alpha value is -3.91. The Kier molecular flexibility index (Phi) is 6.97. The first-order valence-electron chi connectivity index (χ1n) is 11.9. The molecule has 192 valence electrons. The number of nitrogens with one attached hydrogen (secondary N) is 1. The van der Waals surface area contributed by atoms with Crippen molar-refractivity contribution in [3.63, 3.8) is 0 Å². The number of allylic oxidation sites excluding steroid dienone is 1. The fraction of sp³-hybridized carbons (Fsp3) is 0.241. The molecule has 0 spiro atoms. The van der Waals surface area contributed by atoms with Crippen LogP contribution < -0.4 is 9.62 Å². The first-order chi connectivity index (χ1) is 17.4. The number of likely N-dealkylation sites (N-methyl/N-ethyl adjacent to an activating group) is 1. The maximum atomic E-state index is 12.7. The van der Waals surface area contributed by atoms with Crippen molar-refractivity contribution in [3.8, 4) is 0 Å². The van der Waals surface area contributed by atoms with Crippen LogP contribution in [0.15, 0.2) is 83.4 Å². The number of ether oxygens (including phenoxy) is 1. The number of anilines is 2. The lowest BCUT2D eigenvalue weighted by Gasteiger charge is -2.23. The molecular formula is C29H30N2O5S. The zero-order valence-corrected chi connectivity index (χ0v) is 22.3. The van der Waals surface area contributed by atoms with Crippen LogP contribution in [0.5, 0.6) is 0 Å². The molecule has 0 bridgehead atoms. The Bertz CT molecular complexity index is 1510. The molecule has 0 amide bonds. The summed E-state index contributed by atoms with van der Waals surface area (Å²) in [7, 11) is -1.86. The number of aryl methyl sites for hydroxylation is 2. The number of ketones is 1. The third kappa shape index (κ3) is 5.29. The zero-order chi connectivity index (χ0) is 27.0. The van der Waals surface area contributed by atoms with E-state index in [1.807, 2.05) is 50.1 Å². The molecule has 1 heterocycles. The lowest BCUT2D eigenvalue weighted by molar-refractivity contribution is -0.117. The van der Waals surface area contributed by atoms with Crippen molar-refractivity contribution in [2.75, 3.05) is 23.3 Å². The molecular weight excluding hydrogens is 488 g/mol. The van der Waals surface area contributed by atoms with Gasteiger partial charge >= 0.3 is 5.97 Å². The van der Waals surface area contributed by atoms with Gasteiger partial charge in [0.05, 0.1) is 10.5 Å². The third-order valence-corrected chi connectivity index (χ3v) is 8.12. The summed E-state index contributed by atoms with van der Waals surface area (Å²) in [5.41, 5.74) is 5.03. The second-order valence-electron chi connectivity index (χ2n) is 9.70. The molecule has 0 saturated carbocycles. The molecule has 3 aromatic rings. The summed E-state index contributed by atoms with van der Waals surface area (Å²) in [4.78, 5) is 27.3. The standard InChI is InChI=1S/C29H30N2O5S/c1-19-10-15-24(16-20(19)2)37(34,35)30-22-13-11-21(12-14-22)28(33)36-18-23(32)17-27-29(3,4)25-8-6-7-9-26(25)31(27)5/h6-17,30H,18H2,1-5H3/b27-17-. The number of esters is 1. The lowest BCUT2D eigenvalue weighted by Crippen LogP contribution is -2.25. The molecule has 1 aliphatic heterocycles. The van der Waals surface area contributed by atoms with Gasteiger partial charge in [0.1, 0.15) is 0 Å². The first kappa shape index (κ1) is 26.2. The Morgan fingerprint density at radius 3 is 2.30 bits per heavy atom. The van der Waals surface area contributed by atoms with Crippen LogP contribution in [0, 0.1) is 13.8 Å². The van der Waals surface area contributed by atoms with Gasteiger partial charge in [-0.2, -0.15) is 0 Å². The van der Waals surface area contributed by atoms with E-state index in [1.54, 1.807) is 18.2 Å². The molecule has 3 aromatic carbocycles.